The summed E-state index contributed by atoms with van der Waals surface area (Å²) in [6.45, 7) is 9.10. The molecule has 0 spiro atoms. The minimum Gasteiger partial charge on any atom is -0.299 e. The van der Waals surface area contributed by atoms with E-state index in [1.807, 2.05) is 11.3 Å². The Bertz CT molecular complexity index is 488. The SMILES string of the molecule is CC(C)c1sc(C(C)C)c(C2CCCC2)c1/C=C/C=O. The molecule has 0 amide bonds. The summed E-state index contributed by atoms with van der Waals surface area (Å²) in [5.74, 6) is 1.81. The Labute approximate surface area is 127 Å². The van der Waals surface area contributed by atoms with Gasteiger partial charge in [-0.25, -0.2) is 0 Å². The zero-order valence-electron chi connectivity index (χ0n) is 13.1. The highest BCUT2D eigenvalue weighted by molar-refractivity contribution is 7.12. The van der Waals surface area contributed by atoms with E-state index in [-0.39, 0.29) is 0 Å². The van der Waals surface area contributed by atoms with Crippen molar-refractivity contribution in [1.82, 2.24) is 0 Å². The maximum absolute atomic E-state index is 10.7. The van der Waals surface area contributed by atoms with Crippen LogP contribution >= 0.6 is 11.3 Å². The van der Waals surface area contributed by atoms with E-state index in [0.29, 0.717) is 17.8 Å². The first kappa shape index (κ1) is 15.5. The third-order valence-corrected chi connectivity index (χ3v) is 6.02. The smallest absolute Gasteiger partial charge is 0.142 e. The topological polar surface area (TPSA) is 17.1 Å². The summed E-state index contributed by atoms with van der Waals surface area (Å²) >= 11 is 1.97. The minimum atomic E-state index is 0.527. The fourth-order valence-corrected chi connectivity index (χ4v) is 4.68. The van der Waals surface area contributed by atoms with Crippen molar-refractivity contribution in [3.63, 3.8) is 0 Å². The predicted molar refractivity (Wildman–Crippen MR) is 88.8 cm³/mol. The van der Waals surface area contributed by atoms with E-state index in [9.17, 15) is 4.79 Å². The summed E-state index contributed by atoms with van der Waals surface area (Å²) in [6.07, 6.45) is 9.95. The lowest BCUT2D eigenvalue weighted by atomic mass is 9.88. The van der Waals surface area contributed by atoms with Gasteiger partial charge in [-0.2, -0.15) is 0 Å². The van der Waals surface area contributed by atoms with Crippen LogP contribution in [-0.2, 0) is 4.79 Å². The molecule has 0 atom stereocenters. The van der Waals surface area contributed by atoms with Crippen LogP contribution in [0.5, 0.6) is 0 Å². The normalized spacial score (nSPS) is 16.9. The molecule has 0 aromatic carbocycles. The Balaban J connectivity index is 2.58. The second kappa shape index (κ2) is 6.71. The fraction of sp³-hybridized carbons (Fsp3) is 0.611. The van der Waals surface area contributed by atoms with Gasteiger partial charge in [0.2, 0.25) is 0 Å². The molecule has 110 valence electrons. The molecule has 2 rings (SSSR count). The number of hydrogen-bond donors (Lipinski definition) is 0. The highest BCUT2D eigenvalue weighted by Gasteiger charge is 2.27. The molecule has 2 heteroatoms. The van der Waals surface area contributed by atoms with Crippen molar-refractivity contribution in [2.24, 2.45) is 0 Å². The molecule has 1 nitrogen and oxygen atoms in total. The van der Waals surface area contributed by atoms with E-state index in [4.69, 9.17) is 0 Å². The summed E-state index contributed by atoms with van der Waals surface area (Å²) in [5.41, 5.74) is 2.91. The second-order valence-electron chi connectivity index (χ2n) is 6.44. The van der Waals surface area contributed by atoms with Crippen LogP contribution in [0.1, 0.15) is 92.0 Å². The largest absolute Gasteiger partial charge is 0.299 e. The molecule has 1 saturated carbocycles. The van der Waals surface area contributed by atoms with Crippen molar-refractivity contribution in [3.8, 4) is 0 Å². The van der Waals surface area contributed by atoms with Gasteiger partial charge in [0.1, 0.15) is 6.29 Å². The van der Waals surface area contributed by atoms with Gasteiger partial charge in [-0.05, 0) is 47.8 Å². The third kappa shape index (κ3) is 3.06. The zero-order chi connectivity index (χ0) is 14.7. The molecule has 0 radical (unpaired) electrons. The molecule has 1 aromatic heterocycles. The van der Waals surface area contributed by atoms with Crippen LogP contribution in [0.4, 0.5) is 0 Å². The summed E-state index contributed by atoms with van der Waals surface area (Å²) < 4.78 is 0. The molecule has 1 aliphatic carbocycles. The number of hydrogen-bond acceptors (Lipinski definition) is 2. The number of carbonyl (C=O) groups excluding carboxylic acids is 1. The molecule has 0 bridgehead atoms. The van der Waals surface area contributed by atoms with Gasteiger partial charge in [0.15, 0.2) is 0 Å². The molecule has 20 heavy (non-hydrogen) atoms. The van der Waals surface area contributed by atoms with E-state index < -0.39 is 0 Å². The lowest BCUT2D eigenvalue weighted by molar-refractivity contribution is -0.104. The van der Waals surface area contributed by atoms with Gasteiger partial charge in [-0.15, -0.1) is 11.3 Å². The lowest BCUT2D eigenvalue weighted by Crippen LogP contribution is -1.99. The highest BCUT2D eigenvalue weighted by Crippen LogP contribution is 2.46. The first-order valence-electron chi connectivity index (χ1n) is 7.84. The van der Waals surface area contributed by atoms with Gasteiger partial charge in [0.05, 0.1) is 0 Å². The lowest BCUT2D eigenvalue weighted by Gasteiger charge is -2.15. The number of thiophene rings is 1. The Hall–Kier alpha value is -0.890. The molecule has 1 fully saturated rings. The third-order valence-electron chi connectivity index (χ3n) is 4.19. The van der Waals surface area contributed by atoms with Crippen molar-refractivity contribution in [3.05, 3.63) is 27.0 Å². The Kier molecular flexibility index (Phi) is 5.20. The molecule has 1 aliphatic rings. The summed E-state index contributed by atoms with van der Waals surface area (Å²) in [4.78, 5) is 13.7. The van der Waals surface area contributed by atoms with E-state index in [2.05, 4.69) is 33.8 Å². The van der Waals surface area contributed by atoms with Crippen molar-refractivity contribution < 1.29 is 4.79 Å². The molecule has 0 aliphatic heterocycles. The van der Waals surface area contributed by atoms with Crippen molar-refractivity contribution in [2.45, 2.75) is 71.1 Å². The summed E-state index contributed by atoms with van der Waals surface area (Å²) in [7, 11) is 0. The van der Waals surface area contributed by atoms with Crippen LogP contribution in [0.15, 0.2) is 6.08 Å². The second-order valence-corrected chi connectivity index (χ2v) is 7.53. The average molecular weight is 290 g/mol. The molecule has 1 heterocycles. The minimum absolute atomic E-state index is 0.527. The van der Waals surface area contributed by atoms with Crippen LogP contribution in [0, 0.1) is 0 Å². The van der Waals surface area contributed by atoms with Crippen molar-refractivity contribution in [2.75, 3.05) is 0 Å². The van der Waals surface area contributed by atoms with Crippen LogP contribution < -0.4 is 0 Å². The summed E-state index contributed by atoms with van der Waals surface area (Å²) in [5, 5.41) is 0. The van der Waals surface area contributed by atoms with E-state index in [1.54, 1.807) is 16.5 Å². The monoisotopic (exact) mass is 290 g/mol. The van der Waals surface area contributed by atoms with E-state index in [1.165, 1.54) is 36.1 Å². The molecule has 0 saturated heterocycles. The predicted octanol–water partition coefficient (Wildman–Crippen LogP) is 5.86. The Morgan fingerprint density at radius 3 is 2.15 bits per heavy atom. The zero-order valence-corrected chi connectivity index (χ0v) is 13.9. The number of aldehydes is 1. The Morgan fingerprint density at radius 1 is 1.05 bits per heavy atom. The maximum atomic E-state index is 10.7. The van der Waals surface area contributed by atoms with Crippen molar-refractivity contribution >= 4 is 23.7 Å². The van der Waals surface area contributed by atoms with E-state index in [0.717, 1.165) is 6.29 Å². The number of carbonyl (C=O) groups is 1. The molecular weight excluding hydrogens is 264 g/mol. The fourth-order valence-electron chi connectivity index (χ4n) is 3.29. The van der Waals surface area contributed by atoms with Gasteiger partial charge in [0, 0.05) is 9.75 Å². The summed E-state index contributed by atoms with van der Waals surface area (Å²) in [6, 6.07) is 0. The molecule has 1 aromatic rings. The molecule has 0 N–H and O–H groups in total. The van der Waals surface area contributed by atoms with Crippen molar-refractivity contribution in [1.29, 1.82) is 0 Å². The maximum Gasteiger partial charge on any atom is 0.142 e. The van der Waals surface area contributed by atoms with Gasteiger partial charge in [-0.1, -0.05) is 46.6 Å². The number of rotatable bonds is 5. The average Bonchev–Trinajstić information content (AvgIpc) is 3.02. The van der Waals surface area contributed by atoms with Gasteiger partial charge < -0.3 is 0 Å². The molecule has 0 unspecified atom stereocenters. The highest BCUT2D eigenvalue weighted by atomic mass is 32.1. The Morgan fingerprint density at radius 2 is 1.65 bits per heavy atom. The molecular formula is C18H26OS. The first-order valence-corrected chi connectivity index (χ1v) is 8.66. The first-order chi connectivity index (χ1) is 9.56. The van der Waals surface area contributed by atoms with Crippen LogP contribution in [0.3, 0.4) is 0 Å². The van der Waals surface area contributed by atoms with E-state index >= 15 is 0 Å². The quantitative estimate of drug-likeness (QED) is 0.490. The van der Waals surface area contributed by atoms with Crippen LogP contribution in [0.2, 0.25) is 0 Å². The van der Waals surface area contributed by atoms with Crippen LogP contribution in [0.25, 0.3) is 6.08 Å². The van der Waals surface area contributed by atoms with Gasteiger partial charge in [-0.3, -0.25) is 4.79 Å². The van der Waals surface area contributed by atoms with Crippen LogP contribution in [-0.4, -0.2) is 6.29 Å². The number of allylic oxidation sites excluding steroid dienone is 1. The standard InChI is InChI=1S/C18H26OS/c1-12(2)17-15(10-7-11-19)16(14-8-5-6-9-14)18(20-17)13(3)4/h7,10-14H,5-6,8-9H2,1-4H3/b10-7+. The van der Waals surface area contributed by atoms with Gasteiger partial charge >= 0.3 is 0 Å². The van der Waals surface area contributed by atoms with Gasteiger partial charge in [0.25, 0.3) is 0 Å².